The van der Waals surface area contributed by atoms with Crippen LogP contribution in [0.4, 0.5) is 0 Å². The second-order valence-corrected chi connectivity index (χ2v) is 8.27. The van der Waals surface area contributed by atoms with Gasteiger partial charge in [-0.25, -0.2) is 0 Å². The third-order valence-electron chi connectivity index (χ3n) is 5.18. The quantitative estimate of drug-likeness (QED) is 0.576. The highest BCUT2D eigenvalue weighted by Crippen LogP contribution is 2.36. The molecule has 0 aromatic carbocycles. The highest BCUT2D eigenvalue weighted by molar-refractivity contribution is 6.64. The van der Waals surface area contributed by atoms with Crippen LogP contribution < -0.4 is 0 Å². The molecule has 0 aliphatic carbocycles. The summed E-state index contributed by atoms with van der Waals surface area (Å²) < 4.78 is 21.4. The van der Waals surface area contributed by atoms with Crippen molar-refractivity contribution in [2.24, 2.45) is 0 Å². The number of rotatable bonds is 0. The number of carbonyl (C=O) groups is 2. The fraction of sp³-hybridized carbons (Fsp3) is 0.875. The molecule has 0 unspecified atom stereocenters. The van der Waals surface area contributed by atoms with Crippen molar-refractivity contribution in [3.8, 4) is 0 Å². The van der Waals surface area contributed by atoms with Gasteiger partial charge in [0.25, 0.3) is 0 Å². The van der Waals surface area contributed by atoms with E-state index in [1.54, 1.807) is 13.9 Å². The Morgan fingerprint density at radius 3 is 1.46 bits per heavy atom. The van der Waals surface area contributed by atoms with E-state index < -0.39 is 13.8 Å². The number of fused-ring (bicyclic) bond motifs is 1. The zero-order valence-corrected chi connectivity index (χ0v) is 18.9. The van der Waals surface area contributed by atoms with E-state index in [1.807, 2.05) is 20.7 Å². The average Bonchev–Trinajstić information content (AvgIpc) is 2.87. The van der Waals surface area contributed by atoms with Crippen molar-refractivity contribution in [3.63, 3.8) is 0 Å². The van der Waals surface area contributed by atoms with Crippen LogP contribution in [0, 0.1) is 0 Å². The van der Waals surface area contributed by atoms with Crippen molar-refractivity contribution in [1.29, 1.82) is 0 Å². The summed E-state index contributed by atoms with van der Waals surface area (Å²) in [7, 11) is 0.570. The summed E-state index contributed by atoms with van der Waals surface area (Å²) in [4.78, 5) is 21.9. The molecule has 3 aliphatic rings. The van der Waals surface area contributed by atoms with Crippen LogP contribution in [0.5, 0.6) is 0 Å². The third-order valence-corrected chi connectivity index (χ3v) is 5.18. The molecule has 0 radical (unpaired) electrons. The lowest BCUT2D eigenvalue weighted by molar-refractivity contribution is -0.792. The molecule has 0 atom stereocenters. The maximum Gasteiger partial charge on any atom is 0.581 e. The number of likely N-dealkylation sites (N-methyl/N-ethyl adjacent to an activating group) is 1. The molecule has 12 heteroatoms. The molecule has 3 saturated heterocycles. The van der Waals surface area contributed by atoms with Crippen LogP contribution >= 0.6 is 0 Å². The number of carbonyl (C=O) groups excluding carboxylic acids is 2. The highest BCUT2D eigenvalue weighted by Gasteiger charge is 2.61. The summed E-state index contributed by atoms with van der Waals surface area (Å²) in [5, 5.41) is 15.2. The lowest BCUT2D eigenvalue weighted by atomic mass is 9.72. The average molecular weight is 403 g/mol. The Morgan fingerprint density at radius 2 is 1.29 bits per heavy atom. The maximum atomic E-state index is 11.0. The minimum Gasteiger partial charge on any atom is -0.600 e. The molecule has 3 aliphatic heterocycles. The molecule has 0 amide bonds. The van der Waals surface area contributed by atoms with Crippen molar-refractivity contribution in [2.45, 2.75) is 73.2 Å². The van der Waals surface area contributed by atoms with Gasteiger partial charge in [0.2, 0.25) is 0 Å². The standard InChI is InChI=1S/C7H15BO2.C6H10BNO4.C2H6.CH5BO2/c1-6(2)7(3,4)10-8(5)9-6;1-7-8(2,3-5(9)11-7)4-6(10)12-7;1-2;1-2(3)4/h1-5H3;3-4H2,1-2H3;1-2H3;3-4H,1H3. The minimum absolute atomic E-state index is 0.0648. The maximum absolute atomic E-state index is 11.0. The van der Waals surface area contributed by atoms with Crippen LogP contribution in [0.3, 0.4) is 0 Å². The number of hydrogen-bond acceptors (Lipinski definition) is 8. The van der Waals surface area contributed by atoms with Gasteiger partial charge in [0.1, 0.15) is 13.1 Å². The van der Waals surface area contributed by atoms with Gasteiger partial charge in [0, 0.05) is 7.05 Å². The van der Waals surface area contributed by atoms with Crippen LogP contribution in [0.1, 0.15) is 41.5 Å². The summed E-state index contributed by atoms with van der Waals surface area (Å²) in [6.07, 6.45) is 0. The molecule has 3 fully saturated rings. The lowest BCUT2D eigenvalue weighted by Gasteiger charge is -2.36. The third kappa shape index (κ3) is 6.48. The largest absolute Gasteiger partial charge is 0.600 e. The first kappa shape index (κ1) is 26.9. The fourth-order valence-electron chi connectivity index (χ4n) is 2.96. The van der Waals surface area contributed by atoms with E-state index in [0.29, 0.717) is 0 Å². The number of hydrogen-bond donors (Lipinski definition) is 2. The molecular formula is C16H36B3NO8. The summed E-state index contributed by atoms with van der Waals surface area (Å²) in [5.41, 5.74) is -0.321. The predicted octanol–water partition coefficient (Wildman–Crippen LogP) is 0.939. The van der Waals surface area contributed by atoms with Gasteiger partial charge < -0.3 is 33.1 Å². The lowest BCUT2D eigenvalue weighted by Crippen LogP contribution is -2.57. The van der Waals surface area contributed by atoms with Gasteiger partial charge in [0.05, 0.1) is 11.2 Å². The second-order valence-electron chi connectivity index (χ2n) is 8.27. The zero-order chi connectivity index (χ0) is 22.6. The molecule has 9 nitrogen and oxygen atoms in total. The van der Waals surface area contributed by atoms with E-state index in [4.69, 9.17) is 28.7 Å². The summed E-state index contributed by atoms with van der Waals surface area (Å²) in [6, 6.07) is 0. The van der Waals surface area contributed by atoms with E-state index >= 15 is 0 Å². The van der Waals surface area contributed by atoms with Gasteiger partial charge in [-0.2, -0.15) is 0 Å². The Balaban J connectivity index is 0.000000414. The van der Waals surface area contributed by atoms with Crippen LogP contribution in [-0.4, -0.2) is 78.6 Å². The van der Waals surface area contributed by atoms with Gasteiger partial charge in [-0.05, 0) is 48.2 Å². The van der Waals surface area contributed by atoms with Crippen molar-refractivity contribution in [3.05, 3.63) is 0 Å². The zero-order valence-electron chi connectivity index (χ0n) is 18.9. The molecule has 0 bridgehead atoms. The summed E-state index contributed by atoms with van der Waals surface area (Å²) >= 11 is 0. The highest BCUT2D eigenvalue weighted by atomic mass is 16.7. The molecule has 2 N–H and O–H groups in total. The second kappa shape index (κ2) is 9.62. The molecule has 0 aromatic rings. The van der Waals surface area contributed by atoms with Crippen LogP contribution in [0.2, 0.25) is 20.5 Å². The van der Waals surface area contributed by atoms with Crippen LogP contribution in [-0.2, 0) is 28.2 Å². The first-order valence-corrected chi connectivity index (χ1v) is 9.71. The monoisotopic (exact) mass is 403 g/mol. The topological polar surface area (TPSA) is 112 Å². The van der Waals surface area contributed by atoms with Gasteiger partial charge in [-0.15, -0.1) is 0 Å². The van der Waals surface area contributed by atoms with Gasteiger partial charge in [-0.3, -0.25) is 9.59 Å². The van der Waals surface area contributed by atoms with E-state index in [1.165, 1.54) is 6.82 Å². The fourth-order valence-corrected chi connectivity index (χ4v) is 2.96. The Bertz CT molecular complexity index is 493. The van der Waals surface area contributed by atoms with Crippen molar-refractivity contribution in [2.75, 3.05) is 20.1 Å². The Kier molecular flexibility index (Phi) is 9.26. The molecule has 0 spiro atoms. The van der Waals surface area contributed by atoms with Crippen molar-refractivity contribution >= 4 is 32.9 Å². The molecule has 162 valence electrons. The van der Waals surface area contributed by atoms with Gasteiger partial charge in [-0.1, -0.05) is 13.8 Å². The Hall–Kier alpha value is -1.07. The van der Waals surface area contributed by atoms with E-state index in [-0.39, 0.29) is 47.7 Å². The van der Waals surface area contributed by atoms with Crippen molar-refractivity contribution < 1.29 is 42.6 Å². The van der Waals surface area contributed by atoms with Gasteiger partial charge >= 0.3 is 32.9 Å². The van der Waals surface area contributed by atoms with Crippen LogP contribution in [0.15, 0.2) is 0 Å². The summed E-state index contributed by atoms with van der Waals surface area (Å²) in [5.74, 6) is -0.569. The number of nitrogens with zero attached hydrogens (tertiary/aromatic N) is 1. The first-order chi connectivity index (χ1) is 12.5. The normalized spacial score (nSPS) is 31.1. The molecule has 3 rings (SSSR count). The van der Waals surface area contributed by atoms with E-state index in [9.17, 15) is 9.59 Å². The SMILES string of the molecule is CB(O)O.CB1OC(C)(C)C(C)(C)O1.CC.C[B-]12OC(=O)C[N+]1(C)CC(=O)O2. The summed E-state index contributed by atoms with van der Waals surface area (Å²) in [6.45, 7) is 15.8. The molecule has 3 heterocycles. The predicted molar refractivity (Wildman–Crippen MR) is 109 cm³/mol. The molecule has 0 aromatic heterocycles. The Labute approximate surface area is 169 Å². The van der Waals surface area contributed by atoms with E-state index in [0.717, 1.165) is 0 Å². The Morgan fingerprint density at radius 1 is 1.00 bits per heavy atom. The minimum atomic E-state index is -1.75. The molecule has 0 saturated carbocycles. The van der Waals surface area contributed by atoms with E-state index in [2.05, 4.69) is 27.7 Å². The smallest absolute Gasteiger partial charge is 0.581 e. The molecule has 28 heavy (non-hydrogen) atoms. The first-order valence-electron chi connectivity index (χ1n) is 9.71. The number of quaternary nitrogens is 1. The van der Waals surface area contributed by atoms with Gasteiger partial charge in [0.15, 0.2) is 0 Å². The van der Waals surface area contributed by atoms with Crippen molar-refractivity contribution in [1.82, 2.24) is 0 Å². The van der Waals surface area contributed by atoms with Crippen LogP contribution in [0.25, 0.3) is 0 Å². The molecular weight excluding hydrogens is 367 g/mol.